The summed E-state index contributed by atoms with van der Waals surface area (Å²) in [7, 11) is 0. The number of allylic oxidation sites excluding steroid dienone is 22. The van der Waals surface area contributed by atoms with Crippen molar-refractivity contribution in [2.24, 2.45) is 0 Å². The average molecular weight is 1090 g/mol. The molecule has 1 atom stereocenters. The van der Waals surface area contributed by atoms with Crippen molar-refractivity contribution in [3.8, 4) is 0 Å². The van der Waals surface area contributed by atoms with E-state index in [1.165, 1.54) is 103 Å². The Kier molecular flexibility index (Phi) is 62.3. The van der Waals surface area contributed by atoms with Crippen LogP contribution in [0.5, 0.6) is 0 Å². The van der Waals surface area contributed by atoms with Crippen molar-refractivity contribution < 1.29 is 28.6 Å². The second-order valence-corrected chi connectivity index (χ2v) is 21.3. The molecule has 0 spiro atoms. The van der Waals surface area contributed by atoms with Gasteiger partial charge in [0.25, 0.3) is 0 Å². The highest BCUT2D eigenvalue weighted by atomic mass is 16.6. The minimum absolute atomic E-state index is 0.0894. The van der Waals surface area contributed by atoms with E-state index >= 15 is 0 Å². The van der Waals surface area contributed by atoms with E-state index in [1.807, 2.05) is 0 Å². The van der Waals surface area contributed by atoms with Crippen LogP contribution in [0.15, 0.2) is 134 Å². The highest BCUT2D eigenvalue weighted by Gasteiger charge is 2.19. The van der Waals surface area contributed by atoms with Gasteiger partial charge in [-0.1, -0.05) is 283 Å². The zero-order valence-corrected chi connectivity index (χ0v) is 51.3. The molecule has 79 heavy (non-hydrogen) atoms. The Balaban J connectivity index is 4.29. The summed E-state index contributed by atoms with van der Waals surface area (Å²) in [5, 5.41) is 0. The summed E-state index contributed by atoms with van der Waals surface area (Å²) in [4.78, 5) is 38.2. The predicted molar refractivity (Wildman–Crippen MR) is 343 cm³/mol. The fraction of sp³-hybridized carbons (Fsp3) is 0.658. The number of hydrogen-bond acceptors (Lipinski definition) is 6. The van der Waals surface area contributed by atoms with E-state index in [1.54, 1.807) is 0 Å². The van der Waals surface area contributed by atoms with Gasteiger partial charge in [-0.2, -0.15) is 0 Å². The van der Waals surface area contributed by atoms with Gasteiger partial charge in [0, 0.05) is 19.3 Å². The van der Waals surface area contributed by atoms with Gasteiger partial charge in [0.05, 0.1) is 0 Å². The molecule has 0 fully saturated rings. The van der Waals surface area contributed by atoms with E-state index in [0.29, 0.717) is 19.3 Å². The molecule has 0 aliphatic carbocycles. The summed E-state index contributed by atoms with van der Waals surface area (Å²) < 4.78 is 16.9. The molecular formula is C73H120O6. The molecule has 0 heterocycles. The summed E-state index contributed by atoms with van der Waals surface area (Å²) >= 11 is 0. The van der Waals surface area contributed by atoms with Crippen LogP contribution in [-0.2, 0) is 28.6 Å². The molecule has 1 unspecified atom stereocenters. The van der Waals surface area contributed by atoms with Crippen LogP contribution in [-0.4, -0.2) is 37.2 Å². The first kappa shape index (κ1) is 74.5. The lowest BCUT2D eigenvalue weighted by molar-refractivity contribution is -0.167. The van der Waals surface area contributed by atoms with E-state index in [2.05, 4.69) is 154 Å². The SMILES string of the molecule is CC/C=C\C/C=C\C/C=C\C/C=C\C/C=C\C/C=C\C/C=C\C/C=C\C/C=C\C/C=C\CCCCCCC(=O)OCC(COC(=O)CCCCCCCCCCCCCCC)OC(=O)CCCCCCC/C=C\CCCCCC. The molecule has 0 bridgehead atoms. The van der Waals surface area contributed by atoms with Gasteiger partial charge in [0.2, 0.25) is 0 Å². The van der Waals surface area contributed by atoms with Crippen molar-refractivity contribution in [3.05, 3.63) is 134 Å². The number of carbonyl (C=O) groups is 3. The highest BCUT2D eigenvalue weighted by Crippen LogP contribution is 2.15. The smallest absolute Gasteiger partial charge is 0.306 e. The maximum atomic E-state index is 12.9. The number of esters is 3. The minimum Gasteiger partial charge on any atom is -0.462 e. The third-order valence-electron chi connectivity index (χ3n) is 13.6. The largest absolute Gasteiger partial charge is 0.462 e. The summed E-state index contributed by atoms with van der Waals surface area (Å²) in [6.45, 7) is 6.49. The monoisotopic (exact) mass is 1090 g/mol. The fourth-order valence-corrected chi connectivity index (χ4v) is 8.76. The van der Waals surface area contributed by atoms with Crippen LogP contribution in [0.3, 0.4) is 0 Å². The highest BCUT2D eigenvalue weighted by molar-refractivity contribution is 5.71. The molecule has 0 aromatic carbocycles. The Hall–Kier alpha value is -4.45. The van der Waals surface area contributed by atoms with Gasteiger partial charge in [-0.05, 0) is 122 Å². The topological polar surface area (TPSA) is 78.9 Å². The van der Waals surface area contributed by atoms with Gasteiger partial charge < -0.3 is 14.2 Å². The molecular weight excluding hydrogens is 973 g/mol. The molecule has 0 aliphatic heterocycles. The molecule has 0 saturated carbocycles. The zero-order valence-electron chi connectivity index (χ0n) is 51.3. The molecule has 0 rings (SSSR count). The lowest BCUT2D eigenvalue weighted by Crippen LogP contribution is -2.30. The van der Waals surface area contributed by atoms with Crippen molar-refractivity contribution in [2.75, 3.05) is 13.2 Å². The molecule has 448 valence electrons. The van der Waals surface area contributed by atoms with E-state index in [-0.39, 0.29) is 31.1 Å². The maximum Gasteiger partial charge on any atom is 0.306 e. The third-order valence-corrected chi connectivity index (χ3v) is 13.6. The fourth-order valence-electron chi connectivity index (χ4n) is 8.76. The van der Waals surface area contributed by atoms with Crippen molar-refractivity contribution >= 4 is 17.9 Å². The van der Waals surface area contributed by atoms with E-state index in [9.17, 15) is 14.4 Å². The standard InChI is InChI=1S/C73H120O6/c1-4-7-10-13-16-19-22-25-26-27-28-29-30-31-32-33-34-35-36-37-38-39-40-41-42-43-44-45-46-49-51-54-57-60-63-66-72(75)78-69-70(79-73(76)67-64-61-58-55-52-48-24-21-18-15-12-9-6-3)68-77-71(74)65-62-59-56-53-50-47-23-20-17-14-11-8-5-2/h7,10,16,19,21,24-26,28-29,31-32,34-35,37-38,40-41,43-44,46,49,70H,4-6,8-9,11-15,17-18,20,22-23,27,30,33,36,39,42,45,47-48,50-69H2,1-3H3/b10-7-,19-16-,24-21-,26-25-,29-28-,32-31-,35-34-,38-37-,41-40-,44-43-,49-46-. The van der Waals surface area contributed by atoms with Crippen LogP contribution in [0.1, 0.15) is 290 Å². The second-order valence-electron chi connectivity index (χ2n) is 21.3. The van der Waals surface area contributed by atoms with E-state index in [4.69, 9.17) is 14.2 Å². The van der Waals surface area contributed by atoms with Gasteiger partial charge in [-0.3, -0.25) is 14.4 Å². The Bertz CT molecular complexity index is 1680. The van der Waals surface area contributed by atoms with Crippen LogP contribution < -0.4 is 0 Å². The van der Waals surface area contributed by atoms with Crippen LogP contribution in [0.4, 0.5) is 0 Å². The van der Waals surface area contributed by atoms with Gasteiger partial charge in [-0.25, -0.2) is 0 Å². The third kappa shape index (κ3) is 64.3. The first-order chi connectivity index (χ1) is 39.0. The molecule has 0 aromatic heterocycles. The molecule has 0 aliphatic rings. The molecule has 0 radical (unpaired) electrons. The number of unbranched alkanes of at least 4 members (excludes halogenated alkanes) is 25. The summed E-state index contributed by atoms with van der Waals surface area (Å²) in [6.07, 6.45) is 93.2. The second kappa shape index (κ2) is 66.1. The molecule has 0 saturated heterocycles. The summed E-state index contributed by atoms with van der Waals surface area (Å²) in [5.41, 5.74) is 0. The first-order valence-corrected chi connectivity index (χ1v) is 32.7. The van der Waals surface area contributed by atoms with Crippen molar-refractivity contribution in [2.45, 2.75) is 297 Å². The van der Waals surface area contributed by atoms with E-state index < -0.39 is 6.10 Å². The zero-order chi connectivity index (χ0) is 57.1. The predicted octanol–water partition coefficient (Wildman–Crippen LogP) is 22.5. The van der Waals surface area contributed by atoms with Crippen LogP contribution in [0.2, 0.25) is 0 Å². The lowest BCUT2D eigenvalue weighted by atomic mass is 10.0. The molecule has 6 heteroatoms. The van der Waals surface area contributed by atoms with Crippen molar-refractivity contribution in [3.63, 3.8) is 0 Å². The Labute approximate surface area is 487 Å². The van der Waals surface area contributed by atoms with Gasteiger partial charge in [0.15, 0.2) is 6.10 Å². The maximum absolute atomic E-state index is 12.9. The van der Waals surface area contributed by atoms with Gasteiger partial charge >= 0.3 is 17.9 Å². The van der Waals surface area contributed by atoms with Gasteiger partial charge in [0.1, 0.15) is 13.2 Å². The number of hydrogen-bond donors (Lipinski definition) is 0. The number of rotatable bonds is 58. The van der Waals surface area contributed by atoms with Crippen molar-refractivity contribution in [1.82, 2.24) is 0 Å². The average Bonchev–Trinajstić information content (AvgIpc) is 3.45. The number of carbonyl (C=O) groups excluding carboxylic acids is 3. The Morgan fingerprint density at radius 2 is 0.494 bits per heavy atom. The molecule has 6 nitrogen and oxygen atoms in total. The van der Waals surface area contributed by atoms with Gasteiger partial charge in [-0.15, -0.1) is 0 Å². The van der Waals surface area contributed by atoms with Crippen LogP contribution in [0, 0.1) is 0 Å². The quantitative estimate of drug-likeness (QED) is 0.0261. The van der Waals surface area contributed by atoms with E-state index in [0.717, 1.165) is 148 Å². The lowest BCUT2D eigenvalue weighted by Gasteiger charge is -2.18. The summed E-state index contributed by atoms with van der Waals surface area (Å²) in [5.74, 6) is -0.922. The summed E-state index contributed by atoms with van der Waals surface area (Å²) in [6, 6.07) is 0. The van der Waals surface area contributed by atoms with Crippen LogP contribution in [0.25, 0.3) is 0 Å². The Morgan fingerprint density at radius 3 is 0.797 bits per heavy atom. The van der Waals surface area contributed by atoms with Crippen molar-refractivity contribution in [1.29, 1.82) is 0 Å². The number of ether oxygens (including phenoxy) is 3. The normalized spacial score (nSPS) is 13.0. The Morgan fingerprint density at radius 1 is 0.266 bits per heavy atom. The minimum atomic E-state index is -0.795. The molecule has 0 aromatic rings. The molecule has 0 N–H and O–H groups in total. The molecule has 0 amide bonds. The van der Waals surface area contributed by atoms with Crippen LogP contribution >= 0.6 is 0 Å². The first-order valence-electron chi connectivity index (χ1n) is 32.7.